The van der Waals surface area contributed by atoms with Crippen LogP contribution in [0.1, 0.15) is 11.3 Å². The molecule has 0 spiro atoms. The minimum Gasteiger partial charge on any atom is -0.489 e. The molecule has 3 rings (SSSR count). The standard InChI is InChI=1S/C21H20N2O4/c1-15-21(19(24)11-12-22-15)27-14-20(25)23-17-7-9-18(10-8-17)26-13-16-5-3-2-4-6-16/h2-12H,13-14H2,1H3,(H,22,24)(H,23,25). The largest absolute Gasteiger partial charge is 0.489 e. The molecular formula is C21H20N2O4. The first kappa shape index (κ1) is 18.3. The van der Waals surface area contributed by atoms with Crippen LogP contribution in [0.3, 0.4) is 0 Å². The van der Waals surface area contributed by atoms with Crippen LogP contribution >= 0.6 is 0 Å². The second kappa shape index (κ2) is 8.71. The molecule has 2 N–H and O–H groups in total. The topological polar surface area (TPSA) is 80.4 Å². The van der Waals surface area contributed by atoms with Gasteiger partial charge in [0.15, 0.2) is 12.4 Å². The fourth-order valence-electron chi connectivity index (χ4n) is 2.46. The van der Waals surface area contributed by atoms with Gasteiger partial charge in [-0.05, 0) is 36.8 Å². The molecule has 0 fully saturated rings. The number of nitrogens with one attached hydrogen (secondary N) is 2. The highest BCUT2D eigenvalue weighted by atomic mass is 16.5. The lowest BCUT2D eigenvalue weighted by Gasteiger charge is -2.10. The van der Waals surface area contributed by atoms with E-state index < -0.39 is 0 Å². The maximum atomic E-state index is 12.0. The summed E-state index contributed by atoms with van der Waals surface area (Å²) < 4.78 is 11.0. The molecule has 0 aliphatic carbocycles. The number of aromatic nitrogens is 1. The Morgan fingerprint density at radius 1 is 1.00 bits per heavy atom. The van der Waals surface area contributed by atoms with E-state index in [1.807, 2.05) is 30.3 Å². The zero-order valence-corrected chi connectivity index (χ0v) is 14.9. The predicted octanol–water partition coefficient (Wildman–Crippen LogP) is 3.28. The molecule has 0 saturated carbocycles. The lowest BCUT2D eigenvalue weighted by molar-refractivity contribution is -0.118. The smallest absolute Gasteiger partial charge is 0.262 e. The molecule has 2 aromatic carbocycles. The fourth-order valence-corrected chi connectivity index (χ4v) is 2.46. The molecule has 0 aliphatic heterocycles. The van der Waals surface area contributed by atoms with E-state index in [9.17, 15) is 9.59 Å². The number of rotatable bonds is 7. The summed E-state index contributed by atoms with van der Waals surface area (Å²) in [5, 5.41) is 2.72. The van der Waals surface area contributed by atoms with Crippen molar-refractivity contribution in [1.29, 1.82) is 0 Å². The van der Waals surface area contributed by atoms with Gasteiger partial charge in [0, 0.05) is 18.0 Å². The van der Waals surface area contributed by atoms with E-state index in [2.05, 4.69) is 10.3 Å². The second-order valence-electron chi connectivity index (χ2n) is 5.93. The van der Waals surface area contributed by atoms with Crippen LogP contribution in [0.25, 0.3) is 0 Å². The van der Waals surface area contributed by atoms with Crippen LogP contribution in [0.5, 0.6) is 11.5 Å². The highest BCUT2D eigenvalue weighted by Gasteiger charge is 2.08. The maximum absolute atomic E-state index is 12.0. The molecule has 0 atom stereocenters. The minimum absolute atomic E-state index is 0.150. The summed E-state index contributed by atoms with van der Waals surface area (Å²) in [6.07, 6.45) is 1.53. The van der Waals surface area contributed by atoms with Gasteiger partial charge in [0.05, 0.1) is 5.69 Å². The number of hydrogen-bond donors (Lipinski definition) is 2. The second-order valence-corrected chi connectivity index (χ2v) is 5.93. The average molecular weight is 364 g/mol. The molecule has 27 heavy (non-hydrogen) atoms. The molecule has 1 aromatic heterocycles. The van der Waals surface area contributed by atoms with Gasteiger partial charge in [0.1, 0.15) is 12.4 Å². The molecule has 0 aliphatic rings. The minimum atomic E-state index is -0.351. The first-order valence-electron chi connectivity index (χ1n) is 8.49. The Morgan fingerprint density at radius 3 is 2.44 bits per heavy atom. The Bertz CT molecular complexity index is 950. The Balaban J connectivity index is 1.50. The number of pyridine rings is 1. The number of aryl methyl sites for hydroxylation is 1. The van der Waals surface area contributed by atoms with Gasteiger partial charge in [-0.1, -0.05) is 30.3 Å². The predicted molar refractivity (Wildman–Crippen MR) is 103 cm³/mol. The normalized spacial score (nSPS) is 10.3. The summed E-state index contributed by atoms with van der Waals surface area (Å²) in [6.45, 7) is 1.94. The summed E-state index contributed by atoms with van der Waals surface area (Å²) >= 11 is 0. The summed E-state index contributed by atoms with van der Waals surface area (Å²) in [7, 11) is 0. The maximum Gasteiger partial charge on any atom is 0.262 e. The molecule has 1 amide bonds. The summed E-state index contributed by atoms with van der Waals surface area (Å²) in [6, 6.07) is 18.3. The quantitative estimate of drug-likeness (QED) is 0.674. The summed E-state index contributed by atoms with van der Waals surface area (Å²) in [5.41, 5.74) is 2.02. The molecule has 1 heterocycles. The number of amides is 1. The number of hydrogen-bond acceptors (Lipinski definition) is 4. The van der Waals surface area contributed by atoms with E-state index in [1.54, 1.807) is 31.2 Å². The highest BCUT2D eigenvalue weighted by Crippen LogP contribution is 2.17. The molecule has 6 heteroatoms. The van der Waals surface area contributed by atoms with Crippen molar-refractivity contribution < 1.29 is 14.3 Å². The van der Waals surface area contributed by atoms with Gasteiger partial charge in [-0.3, -0.25) is 9.59 Å². The Hall–Kier alpha value is -3.54. The van der Waals surface area contributed by atoms with Crippen molar-refractivity contribution >= 4 is 11.6 Å². The van der Waals surface area contributed by atoms with Crippen molar-refractivity contribution in [3.05, 3.63) is 88.3 Å². The van der Waals surface area contributed by atoms with Crippen molar-refractivity contribution in [2.45, 2.75) is 13.5 Å². The van der Waals surface area contributed by atoms with Gasteiger partial charge in [-0.2, -0.15) is 0 Å². The van der Waals surface area contributed by atoms with E-state index >= 15 is 0 Å². The van der Waals surface area contributed by atoms with Crippen LogP contribution in [0.15, 0.2) is 71.7 Å². The number of carbonyl (C=O) groups is 1. The van der Waals surface area contributed by atoms with Gasteiger partial charge < -0.3 is 19.8 Å². The van der Waals surface area contributed by atoms with Crippen LogP contribution in [0.2, 0.25) is 0 Å². The van der Waals surface area contributed by atoms with Gasteiger partial charge in [-0.25, -0.2) is 0 Å². The van der Waals surface area contributed by atoms with Crippen molar-refractivity contribution in [3.8, 4) is 11.5 Å². The first-order chi connectivity index (χ1) is 13.1. The molecule has 138 valence electrons. The van der Waals surface area contributed by atoms with E-state index in [4.69, 9.17) is 9.47 Å². The third kappa shape index (κ3) is 5.22. The van der Waals surface area contributed by atoms with Crippen molar-refractivity contribution in [2.24, 2.45) is 0 Å². The Labute approximate surface area is 156 Å². The van der Waals surface area contributed by atoms with Crippen LogP contribution in [-0.2, 0) is 11.4 Å². The summed E-state index contributed by atoms with van der Waals surface area (Å²) in [5.74, 6) is 0.507. The Kier molecular flexibility index (Phi) is 5.89. The van der Waals surface area contributed by atoms with Crippen LogP contribution in [0.4, 0.5) is 5.69 Å². The monoisotopic (exact) mass is 364 g/mol. The highest BCUT2D eigenvalue weighted by molar-refractivity contribution is 5.91. The molecule has 6 nitrogen and oxygen atoms in total. The van der Waals surface area contributed by atoms with Crippen LogP contribution < -0.4 is 20.2 Å². The zero-order chi connectivity index (χ0) is 19.1. The number of benzene rings is 2. The molecule has 0 bridgehead atoms. The van der Waals surface area contributed by atoms with Gasteiger partial charge in [0.25, 0.3) is 5.91 Å². The number of H-pyrrole nitrogens is 1. The molecular weight excluding hydrogens is 344 g/mol. The van der Waals surface area contributed by atoms with Crippen LogP contribution in [0, 0.1) is 6.92 Å². The molecule has 0 unspecified atom stereocenters. The molecule has 0 radical (unpaired) electrons. The first-order valence-corrected chi connectivity index (χ1v) is 8.49. The Morgan fingerprint density at radius 2 is 1.74 bits per heavy atom. The third-order valence-electron chi connectivity index (χ3n) is 3.83. The van der Waals surface area contributed by atoms with E-state index in [0.29, 0.717) is 23.7 Å². The number of aromatic amines is 1. The SMILES string of the molecule is Cc1[nH]ccc(=O)c1OCC(=O)Nc1ccc(OCc2ccccc2)cc1. The zero-order valence-electron chi connectivity index (χ0n) is 14.9. The lowest BCUT2D eigenvalue weighted by Crippen LogP contribution is -2.22. The van der Waals surface area contributed by atoms with Gasteiger partial charge in [-0.15, -0.1) is 0 Å². The fraction of sp³-hybridized carbons (Fsp3) is 0.143. The number of anilines is 1. The van der Waals surface area contributed by atoms with E-state index in [-0.39, 0.29) is 23.7 Å². The van der Waals surface area contributed by atoms with Crippen molar-refractivity contribution in [3.63, 3.8) is 0 Å². The molecule has 0 saturated heterocycles. The number of ether oxygens (including phenoxy) is 2. The van der Waals surface area contributed by atoms with Crippen molar-refractivity contribution in [2.75, 3.05) is 11.9 Å². The lowest BCUT2D eigenvalue weighted by atomic mass is 10.2. The molecule has 3 aromatic rings. The summed E-state index contributed by atoms with van der Waals surface area (Å²) in [4.78, 5) is 26.6. The number of carbonyl (C=O) groups excluding carboxylic acids is 1. The van der Waals surface area contributed by atoms with Gasteiger partial charge in [0.2, 0.25) is 5.43 Å². The van der Waals surface area contributed by atoms with Crippen LogP contribution in [-0.4, -0.2) is 17.5 Å². The van der Waals surface area contributed by atoms with Gasteiger partial charge >= 0.3 is 0 Å². The van der Waals surface area contributed by atoms with E-state index in [0.717, 1.165) is 5.56 Å². The van der Waals surface area contributed by atoms with E-state index in [1.165, 1.54) is 12.3 Å². The third-order valence-corrected chi connectivity index (χ3v) is 3.83. The average Bonchev–Trinajstić information content (AvgIpc) is 2.68. The van der Waals surface area contributed by atoms with Crippen molar-refractivity contribution in [1.82, 2.24) is 4.98 Å².